The van der Waals surface area contributed by atoms with E-state index in [0.717, 1.165) is 0 Å². The van der Waals surface area contributed by atoms with Crippen LogP contribution in [0, 0.1) is 18.3 Å². The van der Waals surface area contributed by atoms with Crippen LogP contribution in [0.3, 0.4) is 0 Å². The monoisotopic (exact) mass is 305 g/mol. The molecule has 0 aliphatic rings. The molecule has 0 amide bonds. The number of rotatable bonds is 4. The molecule has 0 atom stereocenters. The number of hydrogen-bond donors (Lipinski definition) is 2. The highest BCUT2D eigenvalue weighted by atomic mass is 32.2. The lowest BCUT2D eigenvalue weighted by atomic mass is 10.2. The molecule has 7 nitrogen and oxygen atoms in total. The van der Waals surface area contributed by atoms with Crippen molar-refractivity contribution >= 4 is 15.8 Å². The summed E-state index contributed by atoms with van der Waals surface area (Å²) in [5.41, 5.74) is 7.31. The zero-order valence-corrected chi connectivity index (χ0v) is 12.5. The van der Waals surface area contributed by atoms with E-state index in [4.69, 9.17) is 11.0 Å². The van der Waals surface area contributed by atoms with Crippen LogP contribution in [-0.4, -0.2) is 18.2 Å². The van der Waals surface area contributed by atoms with Crippen LogP contribution in [0.4, 0.5) is 5.82 Å². The van der Waals surface area contributed by atoms with E-state index in [0.29, 0.717) is 22.5 Å². The molecule has 21 heavy (non-hydrogen) atoms. The fraction of sp³-hybridized carbons (Fsp3) is 0.231. The van der Waals surface area contributed by atoms with E-state index in [1.165, 1.54) is 29.1 Å². The molecule has 0 aliphatic heterocycles. The van der Waals surface area contributed by atoms with Crippen LogP contribution in [-0.2, 0) is 23.6 Å². The Morgan fingerprint density at radius 3 is 2.71 bits per heavy atom. The summed E-state index contributed by atoms with van der Waals surface area (Å²) >= 11 is 0. The number of nitriles is 1. The molecular weight excluding hydrogens is 290 g/mol. The number of benzene rings is 1. The molecule has 8 heteroatoms. The van der Waals surface area contributed by atoms with Crippen LogP contribution in [0.1, 0.15) is 16.7 Å². The Labute approximate surface area is 123 Å². The van der Waals surface area contributed by atoms with Crippen molar-refractivity contribution in [1.29, 1.82) is 5.26 Å². The third-order valence-corrected chi connectivity index (χ3v) is 4.67. The number of nitrogens with two attached hydrogens (primary N) is 1. The van der Waals surface area contributed by atoms with Crippen molar-refractivity contribution in [2.75, 3.05) is 5.73 Å². The number of nitrogens with one attached hydrogen (secondary N) is 1. The molecule has 0 spiro atoms. The minimum atomic E-state index is -3.67. The molecule has 110 valence electrons. The van der Waals surface area contributed by atoms with Crippen LogP contribution >= 0.6 is 0 Å². The third-order valence-electron chi connectivity index (χ3n) is 3.11. The molecule has 0 fully saturated rings. The van der Waals surface area contributed by atoms with Crippen LogP contribution in [0.2, 0.25) is 0 Å². The van der Waals surface area contributed by atoms with Crippen molar-refractivity contribution in [2.45, 2.75) is 18.4 Å². The first kappa shape index (κ1) is 15.0. The summed E-state index contributed by atoms with van der Waals surface area (Å²) in [5, 5.41) is 12.8. The van der Waals surface area contributed by atoms with Crippen LogP contribution in [0.15, 0.2) is 29.3 Å². The highest BCUT2D eigenvalue weighted by molar-refractivity contribution is 7.89. The van der Waals surface area contributed by atoms with E-state index in [-0.39, 0.29) is 11.4 Å². The van der Waals surface area contributed by atoms with E-state index in [2.05, 4.69) is 9.82 Å². The van der Waals surface area contributed by atoms with Gasteiger partial charge in [0.1, 0.15) is 5.82 Å². The van der Waals surface area contributed by atoms with Crippen molar-refractivity contribution in [1.82, 2.24) is 14.5 Å². The number of nitrogen functional groups attached to an aromatic ring is 1. The Morgan fingerprint density at radius 2 is 2.19 bits per heavy atom. The molecule has 1 aromatic carbocycles. The van der Waals surface area contributed by atoms with E-state index < -0.39 is 10.0 Å². The Hall–Kier alpha value is -2.37. The lowest BCUT2D eigenvalue weighted by Gasteiger charge is -2.09. The van der Waals surface area contributed by atoms with Gasteiger partial charge < -0.3 is 5.73 Å². The van der Waals surface area contributed by atoms with Gasteiger partial charge in [-0.3, -0.25) is 4.68 Å². The highest BCUT2D eigenvalue weighted by Crippen LogP contribution is 2.17. The fourth-order valence-corrected chi connectivity index (χ4v) is 3.13. The Morgan fingerprint density at radius 1 is 1.48 bits per heavy atom. The van der Waals surface area contributed by atoms with Gasteiger partial charge in [-0.05, 0) is 30.7 Å². The summed E-state index contributed by atoms with van der Waals surface area (Å²) < 4.78 is 28.5. The lowest BCUT2D eigenvalue weighted by Crippen LogP contribution is -2.24. The smallest absolute Gasteiger partial charge is 0.241 e. The average molecular weight is 305 g/mol. The van der Waals surface area contributed by atoms with Gasteiger partial charge in [0.25, 0.3) is 0 Å². The number of anilines is 1. The van der Waals surface area contributed by atoms with Gasteiger partial charge in [0.05, 0.1) is 22.7 Å². The molecule has 2 aromatic rings. The predicted octanol–water partition coefficient (Wildman–Crippen LogP) is 0.661. The fourth-order valence-electron chi connectivity index (χ4n) is 1.90. The van der Waals surface area contributed by atoms with Crippen LogP contribution in [0.5, 0.6) is 0 Å². The summed E-state index contributed by atoms with van der Waals surface area (Å²) in [6.45, 7) is 1.70. The zero-order chi connectivity index (χ0) is 15.6. The maximum atomic E-state index is 12.3. The van der Waals surface area contributed by atoms with Crippen LogP contribution in [0.25, 0.3) is 0 Å². The molecule has 0 saturated heterocycles. The maximum absolute atomic E-state index is 12.3. The largest absolute Gasteiger partial charge is 0.384 e. The number of aromatic nitrogens is 2. The highest BCUT2D eigenvalue weighted by Gasteiger charge is 2.18. The number of hydrogen-bond acceptors (Lipinski definition) is 5. The van der Waals surface area contributed by atoms with E-state index in [1.807, 2.05) is 6.07 Å². The van der Waals surface area contributed by atoms with Gasteiger partial charge in [-0.15, -0.1) is 0 Å². The van der Waals surface area contributed by atoms with Crippen molar-refractivity contribution in [3.63, 3.8) is 0 Å². The summed E-state index contributed by atoms with van der Waals surface area (Å²) in [7, 11) is -1.99. The lowest BCUT2D eigenvalue weighted by molar-refractivity contribution is 0.581. The summed E-state index contributed by atoms with van der Waals surface area (Å²) in [4.78, 5) is 0.143. The molecule has 0 radical (unpaired) electrons. The first-order valence-corrected chi connectivity index (χ1v) is 7.60. The maximum Gasteiger partial charge on any atom is 0.241 e. The van der Waals surface area contributed by atoms with Crippen molar-refractivity contribution < 1.29 is 8.42 Å². The van der Waals surface area contributed by atoms with Gasteiger partial charge in [-0.25, -0.2) is 13.1 Å². The van der Waals surface area contributed by atoms with E-state index >= 15 is 0 Å². The Kier molecular flexibility index (Phi) is 3.97. The average Bonchev–Trinajstić information content (AvgIpc) is 2.76. The molecular formula is C13H15N5O2S. The van der Waals surface area contributed by atoms with Gasteiger partial charge in [0, 0.05) is 19.2 Å². The number of nitrogens with zero attached hydrogens (tertiary/aromatic N) is 3. The second-order valence-corrected chi connectivity index (χ2v) is 6.33. The van der Waals surface area contributed by atoms with Gasteiger partial charge in [0.15, 0.2) is 0 Å². The summed E-state index contributed by atoms with van der Waals surface area (Å²) in [6.07, 6.45) is 1.52. The molecule has 0 aliphatic carbocycles. The van der Waals surface area contributed by atoms with E-state index in [9.17, 15) is 8.42 Å². The first-order valence-electron chi connectivity index (χ1n) is 6.12. The van der Waals surface area contributed by atoms with Gasteiger partial charge >= 0.3 is 0 Å². The van der Waals surface area contributed by atoms with Crippen LogP contribution < -0.4 is 10.5 Å². The summed E-state index contributed by atoms with van der Waals surface area (Å²) in [6, 6.07) is 6.40. The van der Waals surface area contributed by atoms with Crippen molar-refractivity contribution in [3.05, 3.63) is 41.1 Å². The second-order valence-electron chi connectivity index (χ2n) is 4.60. The molecule has 1 heterocycles. The molecule has 0 bridgehead atoms. The van der Waals surface area contributed by atoms with Gasteiger partial charge in [-0.1, -0.05) is 0 Å². The normalized spacial score (nSPS) is 11.3. The van der Waals surface area contributed by atoms with Gasteiger partial charge in [0.2, 0.25) is 10.0 Å². The topological polar surface area (TPSA) is 114 Å². The first-order chi connectivity index (χ1) is 9.85. The molecule has 0 unspecified atom stereocenters. The van der Waals surface area contributed by atoms with Crippen molar-refractivity contribution in [3.8, 4) is 6.07 Å². The van der Waals surface area contributed by atoms with E-state index in [1.54, 1.807) is 14.0 Å². The summed E-state index contributed by atoms with van der Waals surface area (Å²) in [5.74, 6) is 0.411. The minimum absolute atomic E-state index is 0.0570. The quantitative estimate of drug-likeness (QED) is 0.861. The molecule has 1 aromatic heterocycles. The molecule has 3 N–H and O–H groups in total. The minimum Gasteiger partial charge on any atom is -0.384 e. The zero-order valence-electron chi connectivity index (χ0n) is 11.7. The van der Waals surface area contributed by atoms with Gasteiger partial charge in [-0.2, -0.15) is 10.4 Å². The number of aryl methyl sites for hydroxylation is 2. The van der Waals surface area contributed by atoms with Crippen molar-refractivity contribution in [2.24, 2.45) is 7.05 Å². The Bertz CT molecular complexity index is 818. The second kappa shape index (κ2) is 5.55. The standard InChI is InChI=1S/C13H15N5O2S/c1-9-5-10(6-14)3-4-12(9)21(19,20)17-8-11-7-16-18(2)13(11)15/h3-5,7,17H,8,15H2,1-2H3. The predicted molar refractivity (Wildman–Crippen MR) is 77.5 cm³/mol. The molecule has 0 saturated carbocycles. The third kappa shape index (κ3) is 3.04. The molecule has 2 rings (SSSR count). The SMILES string of the molecule is Cc1cc(C#N)ccc1S(=O)(=O)NCc1cnn(C)c1N. The number of sulfonamides is 1. The Balaban J connectivity index is 2.23.